The minimum absolute atomic E-state index is 0.405. The van der Waals surface area contributed by atoms with Crippen molar-refractivity contribution in [1.82, 2.24) is 0 Å². The molecule has 3 heteroatoms. The van der Waals surface area contributed by atoms with E-state index in [1.54, 1.807) is 13.1 Å². The zero-order valence-electron chi connectivity index (χ0n) is 7.50. The van der Waals surface area contributed by atoms with Crippen LogP contribution in [0.25, 0.3) is 0 Å². The Morgan fingerprint density at radius 3 is 2.62 bits per heavy atom. The van der Waals surface area contributed by atoms with Crippen molar-refractivity contribution in [3.05, 3.63) is 29.3 Å². The standard InChI is InChI=1S/C10H9NO2/c1-6-3-4-7-8(5-6)11(2)10(13)9(7)12/h3-5H,1-2H3. The van der Waals surface area contributed by atoms with Crippen LogP contribution in [0.5, 0.6) is 0 Å². The summed E-state index contributed by atoms with van der Waals surface area (Å²) in [5.74, 6) is -0.849. The lowest BCUT2D eigenvalue weighted by Crippen LogP contribution is -2.24. The zero-order valence-corrected chi connectivity index (χ0v) is 7.50. The monoisotopic (exact) mass is 175 g/mol. The first-order valence-corrected chi connectivity index (χ1v) is 4.04. The van der Waals surface area contributed by atoms with Crippen LogP contribution in [0.3, 0.4) is 0 Å². The van der Waals surface area contributed by atoms with E-state index >= 15 is 0 Å². The van der Waals surface area contributed by atoms with E-state index in [1.807, 2.05) is 19.1 Å². The van der Waals surface area contributed by atoms with Gasteiger partial charge in [-0.1, -0.05) is 6.07 Å². The molecule has 13 heavy (non-hydrogen) atoms. The molecule has 0 unspecified atom stereocenters. The molecule has 1 heterocycles. The number of aryl methyl sites for hydroxylation is 1. The predicted molar refractivity (Wildman–Crippen MR) is 48.9 cm³/mol. The second kappa shape index (κ2) is 2.42. The summed E-state index contributed by atoms with van der Waals surface area (Å²) >= 11 is 0. The summed E-state index contributed by atoms with van der Waals surface area (Å²) in [7, 11) is 1.62. The van der Waals surface area contributed by atoms with E-state index in [9.17, 15) is 9.59 Å². The Hall–Kier alpha value is -1.64. The second-order valence-corrected chi connectivity index (χ2v) is 3.21. The molecule has 66 valence electrons. The Morgan fingerprint density at radius 2 is 1.92 bits per heavy atom. The van der Waals surface area contributed by atoms with Gasteiger partial charge in [-0.2, -0.15) is 0 Å². The third kappa shape index (κ3) is 0.967. The third-order valence-corrected chi connectivity index (χ3v) is 2.26. The van der Waals surface area contributed by atoms with E-state index in [2.05, 4.69) is 0 Å². The molecule has 1 aliphatic heterocycles. The average molecular weight is 175 g/mol. The van der Waals surface area contributed by atoms with Crippen molar-refractivity contribution in [1.29, 1.82) is 0 Å². The van der Waals surface area contributed by atoms with Gasteiger partial charge in [-0.05, 0) is 24.6 Å². The van der Waals surface area contributed by atoms with Crippen LogP contribution in [0.15, 0.2) is 18.2 Å². The number of hydrogen-bond donors (Lipinski definition) is 0. The van der Waals surface area contributed by atoms with Crippen molar-refractivity contribution < 1.29 is 9.59 Å². The molecule has 0 radical (unpaired) electrons. The van der Waals surface area contributed by atoms with E-state index in [0.717, 1.165) is 11.3 Å². The van der Waals surface area contributed by atoms with E-state index in [-0.39, 0.29) is 0 Å². The van der Waals surface area contributed by atoms with Gasteiger partial charge in [-0.3, -0.25) is 9.59 Å². The van der Waals surface area contributed by atoms with Crippen molar-refractivity contribution in [2.45, 2.75) is 6.92 Å². The number of carbonyl (C=O) groups is 2. The predicted octanol–water partition coefficient (Wildman–Crippen LogP) is 1.15. The highest BCUT2D eigenvalue weighted by Crippen LogP contribution is 2.28. The lowest BCUT2D eigenvalue weighted by molar-refractivity contribution is -0.114. The fourth-order valence-corrected chi connectivity index (χ4v) is 1.49. The number of anilines is 1. The van der Waals surface area contributed by atoms with Crippen LogP contribution in [-0.2, 0) is 4.79 Å². The van der Waals surface area contributed by atoms with Gasteiger partial charge in [-0.15, -0.1) is 0 Å². The first kappa shape index (κ1) is 7.98. The molecule has 0 fully saturated rings. The Kier molecular flexibility index (Phi) is 1.49. The zero-order chi connectivity index (χ0) is 9.59. The molecule has 0 atom stereocenters. The first-order valence-electron chi connectivity index (χ1n) is 4.04. The molecular formula is C10H9NO2. The summed E-state index contributed by atoms with van der Waals surface area (Å²) in [4.78, 5) is 24.0. The van der Waals surface area contributed by atoms with Crippen LogP contribution in [0.1, 0.15) is 15.9 Å². The largest absolute Gasteiger partial charge is 0.308 e. The van der Waals surface area contributed by atoms with Crippen molar-refractivity contribution in [2.24, 2.45) is 0 Å². The van der Waals surface area contributed by atoms with Crippen molar-refractivity contribution in [2.75, 3.05) is 11.9 Å². The van der Waals surface area contributed by atoms with Gasteiger partial charge in [0, 0.05) is 7.05 Å². The third-order valence-electron chi connectivity index (χ3n) is 2.26. The highest BCUT2D eigenvalue weighted by molar-refractivity contribution is 6.52. The van der Waals surface area contributed by atoms with E-state index in [0.29, 0.717) is 5.56 Å². The topological polar surface area (TPSA) is 37.4 Å². The lowest BCUT2D eigenvalue weighted by Gasteiger charge is -2.08. The highest BCUT2D eigenvalue weighted by atomic mass is 16.2. The number of Topliss-reactive ketones (excluding diaryl/α,β-unsaturated/α-hetero) is 1. The van der Waals surface area contributed by atoms with Gasteiger partial charge >= 0.3 is 0 Å². The van der Waals surface area contributed by atoms with Crippen LogP contribution in [-0.4, -0.2) is 18.7 Å². The number of amides is 1. The van der Waals surface area contributed by atoms with Gasteiger partial charge in [0.2, 0.25) is 0 Å². The molecule has 0 saturated heterocycles. The van der Waals surface area contributed by atoms with Gasteiger partial charge in [0.1, 0.15) is 0 Å². The number of hydrogen-bond acceptors (Lipinski definition) is 2. The molecule has 0 saturated carbocycles. The van der Waals surface area contributed by atoms with Crippen molar-refractivity contribution in [3.8, 4) is 0 Å². The SMILES string of the molecule is Cc1ccc2c(c1)N(C)C(=O)C2=O. The molecule has 0 bridgehead atoms. The molecule has 2 rings (SSSR count). The number of benzene rings is 1. The van der Waals surface area contributed by atoms with E-state index in [1.165, 1.54) is 4.90 Å². The normalized spacial score (nSPS) is 15.1. The maximum absolute atomic E-state index is 11.3. The summed E-state index contributed by atoms with van der Waals surface area (Å²) < 4.78 is 0. The molecule has 1 aromatic carbocycles. The number of fused-ring (bicyclic) bond motifs is 1. The smallest absolute Gasteiger partial charge is 0.299 e. The summed E-state index contributed by atoms with van der Waals surface area (Å²) in [6.45, 7) is 1.93. The Balaban J connectivity index is 2.67. The molecule has 1 amide bonds. The van der Waals surface area contributed by atoms with Crippen LogP contribution >= 0.6 is 0 Å². The summed E-state index contributed by atoms with van der Waals surface area (Å²) in [5.41, 5.74) is 2.28. The Bertz CT molecular complexity index is 409. The molecule has 0 aromatic heterocycles. The minimum Gasteiger partial charge on any atom is -0.308 e. The van der Waals surface area contributed by atoms with E-state index < -0.39 is 11.7 Å². The fraction of sp³-hybridized carbons (Fsp3) is 0.200. The lowest BCUT2D eigenvalue weighted by atomic mass is 10.1. The quantitative estimate of drug-likeness (QED) is 0.555. The molecule has 0 aliphatic carbocycles. The Morgan fingerprint density at radius 1 is 1.23 bits per heavy atom. The fourth-order valence-electron chi connectivity index (χ4n) is 1.49. The number of ketones is 1. The number of rotatable bonds is 0. The van der Waals surface area contributed by atoms with Crippen molar-refractivity contribution >= 4 is 17.4 Å². The summed E-state index contributed by atoms with van der Waals surface area (Å²) in [6, 6.07) is 5.38. The van der Waals surface area contributed by atoms with Crippen molar-refractivity contribution in [3.63, 3.8) is 0 Å². The summed E-state index contributed by atoms with van der Waals surface area (Å²) in [5, 5.41) is 0. The van der Waals surface area contributed by atoms with Gasteiger partial charge in [-0.25, -0.2) is 0 Å². The molecule has 0 spiro atoms. The van der Waals surface area contributed by atoms with E-state index in [4.69, 9.17) is 0 Å². The maximum atomic E-state index is 11.3. The molecule has 1 aromatic rings. The minimum atomic E-state index is -0.444. The van der Waals surface area contributed by atoms with Crippen LogP contribution in [0.4, 0.5) is 5.69 Å². The van der Waals surface area contributed by atoms with Gasteiger partial charge < -0.3 is 4.90 Å². The van der Waals surface area contributed by atoms with Crippen LogP contribution in [0.2, 0.25) is 0 Å². The summed E-state index contributed by atoms with van der Waals surface area (Å²) in [6.07, 6.45) is 0. The van der Waals surface area contributed by atoms with Crippen LogP contribution in [0, 0.1) is 6.92 Å². The van der Waals surface area contributed by atoms with Gasteiger partial charge in [0.15, 0.2) is 0 Å². The number of carbonyl (C=O) groups excluding carboxylic acids is 2. The maximum Gasteiger partial charge on any atom is 0.299 e. The van der Waals surface area contributed by atoms with Gasteiger partial charge in [0.05, 0.1) is 11.3 Å². The highest BCUT2D eigenvalue weighted by Gasteiger charge is 2.32. The number of likely N-dealkylation sites (N-methyl/N-ethyl adjacent to an activating group) is 1. The average Bonchev–Trinajstić information content (AvgIpc) is 2.32. The Labute approximate surface area is 76.0 Å². The molecule has 1 aliphatic rings. The van der Waals surface area contributed by atoms with Crippen LogP contribution < -0.4 is 4.90 Å². The number of nitrogens with zero attached hydrogens (tertiary/aromatic N) is 1. The molecular weight excluding hydrogens is 166 g/mol. The first-order chi connectivity index (χ1) is 6.11. The second-order valence-electron chi connectivity index (χ2n) is 3.21. The van der Waals surface area contributed by atoms with Gasteiger partial charge in [0.25, 0.3) is 11.7 Å². The molecule has 0 N–H and O–H groups in total. The molecule has 3 nitrogen and oxygen atoms in total.